The maximum Gasteiger partial charge on any atom is 0.258 e. The second-order valence-electron chi connectivity index (χ2n) is 6.31. The Morgan fingerprint density at radius 3 is 2.80 bits per heavy atom. The van der Waals surface area contributed by atoms with Crippen LogP contribution in [0.2, 0.25) is 0 Å². The highest BCUT2D eigenvalue weighted by molar-refractivity contribution is 5.82. The van der Waals surface area contributed by atoms with E-state index in [0.29, 0.717) is 27.2 Å². The minimum atomic E-state index is -1.29. The van der Waals surface area contributed by atoms with Gasteiger partial charge in [-0.15, -0.1) is 0 Å². The van der Waals surface area contributed by atoms with E-state index in [1.807, 2.05) is 0 Å². The van der Waals surface area contributed by atoms with Gasteiger partial charge in [-0.25, -0.2) is 9.37 Å². The minimum Gasteiger partial charge on any atom is -0.618 e. The van der Waals surface area contributed by atoms with Crippen molar-refractivity contribution in [1.29, 1.82) is 0 Å². The highest BCUT2D eigenvalue weighted by atomic mass is 19.1. The molecule has 0 aliphatic heterocycles. The number of aromatic nitrogens is 5. The molecule has 0 spiro atoms. The number of nitrogens with zero attached hydrogens (tertiary/aromatic N) is 5. The van der Waals surface area contributed by atoms with Crippen LogP contribution in [-0.2, 0) is 5.60 Å². The van der Waals surface area contributed by atoms with Crippen molar-refractivity contribution in [3.63, 3.8) is 0 Å². The lowest BCUT2D eigenvalue weighted by Gasteiger charge is -2.09. The first-order chi connectivity index (χ1) is 11.8. The summed E-state index contributed by atoms with van der Waals surface area (Å²) in [7, 11) is 0. The average Bonchev–Trinajstić information content (AvgIpc) is 3.18. The van der Waals surface area contributed by atoms with Gasteiger partial charge in [0, 0.05) is 13.0 Å². The number of hydrogen-bond acceptors (Lipinski definition) is 6. The SMILES string of the molecule is Cc1c2c(-c3noc(C(C)(C)O)n3)ncn2c2ccc(F)cc2[n+]1[O-]. The van der Waals surface area contributed by atoms with Crippen LogP contribution in [0, 0.1) is 17.9 Å². The zero-order valence-electron chi connectivity index (χ0n) is 13.7. The van der Waals surface area contributed by atoms with E-state index in [-0.39, 0.29) is 17.2 Å². The van der Waals surface area contributed by atoms with Gasteiger partial charge in [0.2, 0.25) is 17.0 Å². The van der Waals surface area contributed by atoms with E-state index in [1.54, 1.807) is 11.3 Å². The van der Waals surface area contributed by atoms with E-state index < -0.39 is 11.4 Å². The molecule has 0 atom stereocenters. The predicted octanol–water partition coefficient (Wildman–Crippen LogP) is 1.85. The van der Waals surface area contributed by atoms with Crippen molar-refractivity contribution in [2.75, 3.05) is 0 Å². The normalized spacial score (nSPS) is 12.4. The van der Waals surface area contributed by atoms with Gasteiger partial charge in [-0.1, -0.05) is 5.16 Å². The zero-order chi connectivity index (χ0) is 17.9. The number of hydrogen-bond donors (Lipinski definition) is 1. The quantitative estimate of drug-likeness (QED) is 0.440. The first kappa shape index (κ1) is 15.5. The second-order valence-corrected chi connectivity index (χ2v) is 6.31. The van der Waals surface area contributed by atoms with Crippen LogP contribution in [0.4, 0.5) is 4.39 Å². The van der Waals surface area contributed by atoms with Crippen LogP contribution in [0.25, 0.3) is 28.1 Å². The van der Waals surface area contributed by atoms with Crippen molar-refractivity contribution in [2.24, 2.45) is 0 Å². The molecule has 25 heavy (non-hydrogen) atoms. The van der Waals surface area contributed by atoms with Gasteiger partial charge in [-0.3, -0.25) is 4.40 Å². The van der Waals surface area contributed by atoms with Crippen molar-refractivity contribution in [3.05, 3.63) is 47.1 Å². The number of halogens is 1. The van der Waals surface area contributed by atoms with Crippen molar-refractivity contribution in [2.45, 2.75) is 26.4 Å². The molecule has 4 rings (SSSR count). The molecule has 8 nitrogen and oxygen atoms in total. The minimum absolute atomic E-state index is 0.0409. The highest BCUT2D eigenvalue weighted by Crippen LogP contribution is 2.27. The molecule has 0 aliphatic rings. The van der Waals surface area contributed by atoms with Gasteiger partial charge in [0.25, 0.3) is 5.89 Å². The van der Waals surface area contributed by atoms with E-state index in [9.17, 15) is 14.7 Å². The molecule has 0 bridgehead atoms. The third-order valence-corrected chi connectivity index (χ3v) is 3.99. The summed E-state index contributed by atoms with van der Waals surface area (Å²) in [6.45, 7) is 4.65. The first-order valence-corrected chi connectivity index (χ1v) is 7.53. The van der Waals surface area contributed by atoms with Crippen LogP contribution >= 0.6 is 0 Å². The molecule has 0 unspecified atom stereocenters. The van der Waals surface area contributed by atoms with Crippen LogP contribution in [-0.4, -0.2) is 24.6 Å². The molecular formula is C16H14FN5O3. The lowest BCUT2D eigenvalue weighted by atomic mass is 10.1. The Morgan fingerprint density at radius 2 is 2.12 bits per heavy atom. The summed E-state index contributed by atoms with van der Waals surface area (Å²) in [5, 5.41) is 26.4. The van der Waals surface area contributed by atoms with Crippen molar-refractivity contribution < 1.29 is 18.8 Å². The van der Waals surface area contributed by atoms with Crippen molar-refractivity contribution in [1.82, 2.24) is 19.5 Å². The molecule has 3 heterocycles. The number of aryl methyl sites for hydroxylation is 1. The molecular weight excluding hydrogens is 329 g/mol. The molecule has 0 saturated heterocycles. The van der Waals surface area contributed by atoms with Gasteiger partial charge in [-0.2, -0.15) is 9.71 Å². The Kier molecular flexibility index (Phi) is 3.07. The highest BCUT2D eigenvalue weighted by Gasteiger charge is 2.27. The fraction of sp³-hybridized carbons (Fsp3) is 0.250. The maximum atomic E-state index is 13.5. The van der Waals surface area contributed by atoms with Crippen molar-refractivity contribution in [3.8, 4) is 11.5 Å². The lowest BCUT2D eigenvalue weighted by molar-refractivity contribution is -0.583. The molecule has 1 N–H and O–H groups in total. The van der Waals surface area contributed by atoms with E-state index >= 15 is 0 Å². The Labute approximate surface area is 140 Å². The molecule has 0 amide bonds. The molecule has 0 fully saturated rings. The smallest absolute Gasteiger partial charge is 0.258 e. The maximum absolute atomic E-state index is 13.5. The number of aliphatic hydroxyl groups is 1. The Bertz CT molecular complexity index is 1130. The largest absolute Gasteiger partial charge is 0.618 e. The number of rotatable bonds is 2. The van der Waals surface area contributed by atoms with Crippen molar-refractivity contribution >= 4 is 16.6 Å². The van der Waals surface area contributed by atoms with Crippen LogP contribution in [0.3, 0.4) is 0 Å². The number of imidazole rings is 1. The standard InChI is InChI=1S/C16H14FN5O3/c1-8-13-12(14-19-15(25-20-14)16(2,3)23)18-7-21(13)10-5-4-9(17)6-11(10)22(8)24/h4-7,23H,1-3H3. The summed E-state index contributed by atoms with van der Waals surface area (Å²) in [6.07, 6.45) is 1.51. The Morgan fingerprint density at radius 1 is 1.36 bits per heavy atom. The monoisotopic (exact) mass is 343 g/mol. The van der Waals surface area contributed by atoms with Gasteiger partial charge in [0.05, 0.1) is 0 Å². The van der Waals surface area contributed by atoms with E-state index in [4.69, 9.17) is 4.52 Å². The summed E-state index contributed by atoms with van der Waals surface area (Å²) in [5.41, 5.74) is 0.546. The summed E-state index contributed by atoms with van der Waals surface area (Å²) in [5.74, 6) is -0.299. The molecule has 9 heteroatoms. The average molecular weight is 343 g/mol. The topological polar surface area (TPSA) is 103 Å². The van der Waals surface area contributed by atoms with Gasteiger partial charge in [-0.05, 0) is 26.0 Å². The molecule has 4 aromatic rings. The summed E-state index contributed by atoms with van der Waals surface area (Å²) in [6, 6.07) is 3.96. The summed E-state index contributed by atoms with van der Waals surface area (Å²) in [4.78, 5) is 8.45. The number of benzene rings is 1. The summed E-state index contributed by atoms with van der Waals surface area (Å²) >= 11 is 0. The third kappa shape index (κ3) is 2.23. The predicted molar refractivity (Wildman–Crippen MR) is 84.9 cm³/mol. The molecule has 128 valence electrons. The Hall–Kier alpha value is -3.07. The fourth-order valence-electron chi connectivity index (χ4n) is 2.75. The molecule has 0 saturated carbocycles. The molecule has 0 aliphatic carbocycles. The number of fused-ring (bicyclic) bond motifs is 3. The van der Waals surface area contributed by atoms with Gasteiger partial charge >= 0.3 is 0 Å². The van der Waals surface area contributed by atoms with E-state index in [0.717, 1.165) is 0 Å². The van der Waals surface area contributed by atoms with Gasteiger partial charge in [0.15, 0.2) is 0 Å². The third-order valence-electron chi connectivity index (χ3n) is 3.99. The van der Waals surface area contributed by atoms with Gasteiger partial charge in [0.1, 0.15) is 34.5 Å². The lowest BCUT2D eigenvalue weighted by Crippen LogP contribution is -2.32. The van der Waals surface area contributed by atoms with Crippen LogP contribution in [0.15, 0.2) is 29.0 Å². The first-order valence-electron chi connectivity index (χ1n) is 7.53. The van der Waals surface area contributed by atoms with Crippen LogP contribution in [0.5, 0.6) is 0 Å². The van der Waals surface area contributed by atoms with Gasteiger partial charge < -0.3 is 14.8 Å². The van der Waals surface area contributed by atoms with E-state index in [2.05, 4.69) is 15.1 Å². The zero-order valence-corrected chi connectivity index (χ0v) is 13.7. The molecule has 1 aromatic carbocycles. The van der Waals surface area contributed by atoms with Crippen LogP contribution < -0.4 is 4.73 Å². The summed E-state index contributed by atoms with van der Waals surface area (Å²) < 4.78 is 20.9. The molecule has 3 aromatic heterocycles. The van der Waals surface area contributed by atoms with E-state index in [1.165, 1.54) is 38.4 Å². The van der Waals surface area contributed by atoms with Crippen LogP contribution in [0.1, 0.15) is 25.4 Å². The second kappa shape index (κ2) is 4.96. The molecule has 0 radical (unpaired) electrons. The fourth-order valence-corrected chi connectivity index (χ4v) is 2.75. The Balaban J connectivity index is 2.03.